The SMILES string of the molecule is CC(C)(C)[Si](C)(C)OC[C@H]1O[C@@]1(C)C#CC1(O)CCCC2OC21. The molecule has 130 valence electrons. The van der Waals surface area contributed by atoms with E-state index in [4.69, 9.17) is 13.9 Å². The molecule has 0 aromatic rings. The van der Waals surface area contributed by atoms with Crippen LogP contribution in [0.4, 0.5) is 0 Å². The van der Waals surface area contributed by atoms with Crippen LogP contribution in [0.1, 0.15) is 47.0 Å². The van der Waals surface area contributed by atoms with Crippen LogP contribution < -0.4 is 0 Å². The molecular weight excluding hydrogens is 308 g/mol. The molecule has 3 fully saturated rings. The molecule has 3 rings (SSSR count). The van der Waals surface area contributed by atoms with Crippen LogP contribution in [0.5, 0.6) is 0 Å². The summed E-state index contributed by atoms with van der Waals surface area (Å²) < 4.78 is 17.5. The fourth-order valence-corrected chi connectivity index (χ4v) is 3.93. The van der Waals surface area contributed by atoms with Crippen LogP contribution in [0.15, 0.2) is 0 Å². The molecule has 1 N–H and O–H groups in total. The molecule has 2 saturated heterocycles. The summed E-state index contributed by atoms with van der Waals surface area (Å²) in [7, 11) is -1.76. The lowest BCUT2D eigenvalue weighted by molar-refractivity contribution is 0.0553. The molecule has 5 atom stereocenters. The topological polar surface area (TPSA) is 54.5 Å². The van der Waals surface area contributed by atoms with E-state index in [2.05, 4.69) is 45.7 Å². The third-order valence-corrected chi connectivity index (χ3v) is 10.5. The van der Waals surface area contributed by atoms with Crippen LogP contribution in [-0.4, -0.2) is 49.5 Å². The molecule has 2 aliphatic heterocycles. The van der Waals surface area contributed by atoms with Crippen LogP contribution in [0.3, 0.4) is 0 Å². The first-order chi connectivity index (χ1) is 10.5. The van der Waals surface area contributed by atoms with Gasteiger partial charge < -0.3 is 19.0 Å². The maximum Gasteiger partial charge on any atom is 0.192 e. The Morgan fingerprint density at radius 1 is 1.30 bits per heavy atom. The number of hydrogen-bond donors (Lipinski definition) is 1. The zero-order valence-electron chi connectivity index (χ0n) is 15.2. The molecule has 0 radical (unpaired) electrons. The molecule has 3 aliphatic rings. The molecule has 1 aliphatic carbocycles. The van der Waals surface area contributed by atoms with Crippen LogP contribution in [-0.2, 0) is 13.9 Å². The van der Waals surface area contributed by atoms with Crippen molar-refractivity contribution >= 4 is 8.32 Å². The molecule has 0 bridgehead atoms. The summed E-state index contributed by atoms with van der Waals surface area (Å²) in [5.41, 5.74) is -1.47. The van der Waals surface area contributed by atoms with Gasteiger partial charge in [0.05, 0.1) is 12.7 Å². The Kier molecular flexibility index (Phi) is 4.02. The maximum atomic E-state index is 10.6. The smallest absolute Gasteiger partial charge is 0.192 e. The zero-order chi connectivity index (χ0) is 17.1. The molecule has 0 amide bonds. The third-order valence-electron chi connectivity index (χ3n) is 5.97. The average Bonchev–Trinajstić information content (AvgIpc) is 3.31. The van der Waals surface area contributed by atoms with Crippen molar-refractivity contribution in [1.82, 2.24) is 0 Å². The Labute approximate surface area is 141 Å². The van der Waals surface area contributed by atoms with Gasteiger partial charge in [-0.15, -0.1) is 0 Å². The standard InChI is InChI=1S/C18H30O4Si/c1-16(2,3)23(5,6)20-12-14-17(4,22-14)10-11-18(19)9-7-8-13-15(18)21-13/h13-15,19H,7-9,12H2,1-6H3/t13?,14-,15?,17+,18?/m1/s1. The molecule has 1 saturated carbocycles. The van der Waals surface area contributed by atoms with E-state index < -0.39 is 19.5 Å². The van der Waals surface area contributed by atoms with Crippen molar-refractivity contribution in [3.8, 4) is 11.8 Å². The quantitative estimate of drug-likeness (QED) is 0.488. The van der Waals surface area contributed by atoms with Crippen LogP contribution >= 0.6 is 0 Å². The van der Waals surface area contributed by atoms with Gasteiger partial charge in [0, 0.05) is 0 Å². The Morgan fingerprint density at radius 2 is 2.00 bits per heavy atom. The molecule has 0 aromatic heterocycles. The van der Waals surface area contributed by atoms with Gasteiger partial charge in [-0.05, 0) is 44.3 Å². The molecule has 2 heterocycles. The fourth-order valence-electron chi connectivity index (χ4n) is 2.93. The number of rotatable bonds is 3. The molecule has 5 heteroatoms. The summed E-state index contributed by atoms with van der Waals surface area (Å²) in [4.78, 5) is 0. The van der Waals surface area contributed by atoms with E-state index in [1.54, 1.807) is 0 Å². The number of ether oxygens (including phenoxy) is 2. The van der Waals surface area contributed by atoms with Crippen LogP contribution in [0.25, 0.3) is 0 Å². The average molecular weight is 339 g/mol. The second kappa shape index (κ2) is 5.31. The van der Waals surface area contributed by atoms with Crippen molar-refractivity contribution in [2.45, 2.75) is 94.6 Å². The van der Waals surface area contributed by atoms with E-state index in [9.17, 15) is 5.11 Å². The number of fused-ring (bicyclic) bond motifs is 1. The zero-order valence-corrected chi connectivity index (χ0v) is 16.2. The number of aliphatic hydroxyl groups is 1. The third kappa shape index (κ3) is 3.38. The van der Waals surface area contributed by atoms with E-state index in [1.807, 2.05) is 6.92 Å². The first-order valence-electron chi connectivity index (χ1n) is 8.71. The molecule has 4 nitrogen and oxygen atoms in total. The van der Waals surface area contributed by atoms with Crippen molar-refractivity contribution in [3.63, 3.8) is 0 Å². The van der Waals surface area contributed by atoms with E-state index in [0.717, 1.165) is 12.8 Å². The van der Waals surface area contributed by atoms with Gasteiger partial charge in [-0.2, -0.15) is 0 Å². The van der Waals surface area contributed by atoms with Gasteiger partial charge in [0.1, 0.15) is 12.2 Å². The molecular formula is C18H30O4Si. The summed E-state index contributed by atoms with van der Waals surface area (Å²) in [6.45, 7) is 13.8. The van der Waals surface area contributed by atoms with Crippen molar-refractivity contribution in [2.75, 3.05) is 6.61 Å². The van der Waals surface area contributed by atoms with E-state index in [1.165, 1.54) is 0 Å². The lowest BCUT2D eigenvalue weighted by Gasteiger charge is -2.36. The monoisotopic (exact) mass is 338 g/mol. The minimum Gasteiger partial charge on any atom is -0.414 e. The fraction of sp³-hybridized carbons (Fsp3) is 0.889. The van der Waals surface area contributed by atoms with E-state index in [-0.39, 0.29) is 23.4 Å². The van der Waals surface area contributed by atoms with E-state index >= 15 is 0 Å². The predicted octanol–water partition coefficient (Wildman–Crippen LogP) is 2.85. The molecule has 23 heavy (non-hydrogen) atoms. The highest BCUT2D eigenvalue weighted by molar-refractivity contribution is 6.74. The highest BCUT2D eigenvalue weighted by atomic mass is 28.4. The lowest BCUT2D eigenvalue weighted by Crippen LogP contribution is -2.42. The summed E-state index contributed by atoms with van der Waals surface area (Å²) in [6, 6.07) is 0. The highest BCUT2D eigenvalue weighted by Gasteiger charge is 2.57. The van der Waals surface area contributed by atoms with Gasteiger partial charge in [0.25, 0.3) is 0 Å². The summed E-state index contributed by atoms with van der Waals surface area (Å²) in [6.07, 6.45) is 2.85. The van der Waals surface area contributed by atoms with Crippen molar-refractivity contribution in [3.05, 3.63) is 0 Å². The van der Waals surface area contributed by atoms with Gasteiger partial charge in [0.15, 0.2) is 19.5 Å². The van der Waals surface area contributed by atoms with Gasteiger partial charge in [-0.3, -0.25) is 0 Å². The Morgan fingerprint density at radius 3 is 2.65 bits per heavy atom. The maximum absolute atomic E-state index is 10.6. The van der Waals surface area contributed by atoms with Gasteiger partial charge in [-0.25, -0.2) is 0 Å². The molecule has 0 spiro atoms. The summed E-state index contributed by atoms with van der Waals surface area (Å²) in [5.74, 6) is 6.22. The van der Waals surface area contributed by atoms with Crippen molar-refractivity contribution in [1.29, 1.82) is 0 Å². The Balaban J connectivity index is 1.56. The second-order valence-electron chi connectivity index (χ2n) is 8.95. The van der Waals surface area contributed by atoms with Crippen molar-refractivity contribution < 1.29 is 19.0 Å². The molecule has 0 aromatic carbocycles. The summed E-state index contributed by atoms with van der Waals surface area (Å²) in [5, 5.41) is 10.8. The second-order valence-corrected chi connectivity index (χ2v) is 13.8. The van der Waals surface area contributed by atoms with E-state index in [0.29, 0.717) is 13.0 Å². The highest BCUT2D eigenvalue weighted by Crippen LogP contribution is 2.44. The largest absolute Gasteiger partial charge is 0.414 e. The summed E-state index contributed by atoms with van der Waals surface area (Å²) >= 11 is 0. The van der Waals surface area contributed by atoms with Crippen molar-refractivity contribution in [2.24, 2.45) is 0 Å². The normalized spacial score (nSPS) is 42.5. The number of hydrogen-bond acceptors (Lipinski definition) is 4. The molecule has 3 unspecified atom stereocenters. The predicted molar refractivity (Wildman–Crippen MR) is 91.7 cm³/mol. The minimum atomic E-state index is -1.76. The number of epoxide rings is 2. The van der Waals surface area contributed by atoms with Gasteiger partial charge >= 0.3 is 0 Å². The first kappa shape index (κ1) is 17.4. The first-order valence-corrected chi connectivity index (χ1v) is 11.6. The van der Waals surface area contributed by atoms with Gasteiger partial charge in [0.2, 0.25) is 0 Å². The van der Waals surface area contributed by atoms with Crippen LogP contribution in [0.2, 0.25) is 18.1 Å². The van der Waals surface area contributed by atoms with Crippen LogP contribution in [0, 0.1) is 11.8 Å². The Hall–Kier alpha value is -0.383. The lowest BCUT2D eigenvalue weighted by atomic mass is 9.85. The van der Waals surface area contributed by atoms with Gasteiger partial charge in [-0.1, -0.05) is 32.6 Å². The Bertz CT molecular complexity index is 543. The minimum absolute atomic E-state index is 0.00670.